The van der Waals surface area contributed by atoms with Crippen molar-refractivity contribution < 1.29 is 4.79 Å². The van der Waals surface area contributed by atoms with Gasteiger partial charge in [-0.2, -0.15) is 4.68 Å². The summed E-state index contributed by atoms with van der Waals surface area (Å²) >= 11 is 1.63. The predicted octanol–water partition coefficient (Wildman–Crippen LogP) is 4.30. The van der Waals surface area contributed by atoms with E-state index in [1.807, 2.05) is 29.9 Å². The van der Waals surface area contributed by atoms with E-state index in [9.17, 15) is 4.79 Å². The van der Waals surface area contributed by atoms with E-state index in [0.29, 0.717) is 12.5 Å². The van der Waals surface area contributed by atoms with Gasteiger partial charge in [0.2, 0.25) is 0 Å². The van der Waals surface area contributed by atoms with Crippen molar-refractivity contribution in [1.82, 2.24) is 14.8 Å². The van der Waals surface area contributed by atoms with Crippen LogP contribution in [0, 0.1) is 0 Å². The van der Waals surface area contributed by atoms with Crippen LogP contribution in [0.25, 0.3) is 6.08 Å². The Kier molecular flexibility index (Phi) is 4.02. The van der Waals surface area contributed by atoms with Crippen molar-refractivity contribution in [2.45, 2.75) is 30.7 Å². The van der Waals surface area contributed by atoms with Gasteiger partial charge in [0, 0.05) is 29.1 Å². The van der Waals surface area contributed by atoms with Crippen LogP contribution in [0.3, 0.4) is 0 Å². The third kappa shape index (κ3) is 2.72. The number of aromatic nitrogens is 3. The summed E-state index contributed by atoms with van der Waals surface area (Å²) in [5, 5.41) is 8.07. The Morgan fingerprint density at radius 1 is 1.32 bits per heavy atom. The highest BCUT2D eigenvalue weighted by Crippen LogP contribution is 2.44. The number of carbonyl (C=O) groups excluding carboxylic acids is 1. The van der Waals surface area contributed by atoms with Crippen LogP contribution in [-0.4, -0.2) is 26.7 Å². The molecule has 1 unspecified atom stereocenters. The molecule has 6 heteroatoms. The van der Waals surface area contributed by atoms with Gasteiger partial charge in [0.05, 0.1) is 16.6 Å². The van der Waals surface area contributed by atoms with Crippen molar-refractivity contribution in [3.8, 4) is 0 Å². The number of nitrogens with one attached hydrogen (secondary N) is 1. The van der Waals surface area contributed by atoms with Gasteiger partial charge in [-0.05, 0) is 24.5 Å². The number of benzene rings is 1. The Hall–Kier alpha value is -2.99. The van der Waals surface area contributed by atoms with Gasteiger partial charge in [0.15, 0.2) is 5.82 Å². The Labute approximate surface area is 167 Å². The van der Waals surface area contributed by atoms with Gasteiger partial charge >= 0.3 is 0 Å². The van der Waals surface area contributed by atoms with Crippen LogP contribution in [0.1, 0.15) is 39.3 Å². The number of hydrogen-bond donors (Lipinski definition) is 1. The molecule has 1 aromatic carbocycles. The average Bonchev–Trinajstić information content (AvgIpc) is 3.25. The van der Waals surface area contributed by atoms with Crippen molar-refractivity contribution in [3.05, 3.63) is 82.5 Å². The van der Waals surface area contributed by atoms with Crippen molar-refractivity contribution in [2.24, 2.45) is 0 Å². The number of nitrogens with zero attached hydrogens (tertiary/aromatic N) is 3. The van der Waals surface area contributed by atoms with Gasteiger partial charge < -0.3 is 5.32 Å². The lowest BCUT2D eigenvalue weighted by Gasteiger charge is -2.33. The molecule has 0 spiro atoms. The Morgan fingerprint density at radius 3 is 2.82 bits per heavy atom. The summed E-state index contributed by atoms with van der Waals surface area (Å²) in [4.78, 5) is 18.0. The first-order chi connectivity index (χ1) is 13.7. The summed E-state index contributed by atoms with van der Waals surface area (Å²) in [6.45, 7) is 3.66. The van der Waals surface area contributed by atoms with Crippen molar-refractivity contribution in [1.29, 1.82) is 0 Å². The zero-order valence-corrected chi connectivity index (χ0v) is 16.2. The fraction of sp³-hybridized carbons (Fsp3) is 0.227. The highest BCUT2D eigenvalue weighted by molar-refractivity contribution is 7.09. The van der Waals surface area contributed by atoms with E-state index in [4.69, 9.17) is 0 Å². The van der Waals surface area contributed by atoms with Gasteiger partial charge in [0.25, 0.3) is 5.91 Å². The molecule has 1 fully saturated rings. The number of anilines is 1. The topological polar surface area (TPSA) is 59.8 Å². The fourth-order valence-corrected chi connectivity index (χ4v) is 4.66. The molecule has 2 aromatic heterocycles. The first-order valence-corrected chi connectivity index (χ1v) is 10.3. The number of rotatable bonds is 5. The number of hydrogen-bond acceptors (Lipinski definition) is 5. The quantitative estimate of drug-likeness (QED) is 0.662. The second-order valence-electron chi connectivity index (χ2n) is 7.29. The summed E-state index contributed by atoms with van der Waals surface area (Å²) in [6, 6.07) is 10.8. The predicted molar refractivity (Wildman–Crippen MR) is 112 cm³/mol. The molecule has 0 radical (unpaired) electrons. The molecule has 1 saturated carbocycles. The van der Waals surface area contributed by atoms with E-state index in [-0.39, 0.29) is 11.3 Å². The molecule has 2 aliphatic rings. The summed E-state index contributed by atoms with van der Waals surface area (Å²) in [5.74, 6) is 0.580. The van der Waals surface area contributed by atoms with E-state index < -0.39 is 0 Å². The lowest BCUT2D eigenvalue weighted by atomic mass is 9.72. The van der Waals surface area contributed by atoms with Crippen LogP contribution in [0.4, 0.5) is 5.82 Å². The minimum absolute atomic E-state index is 0.207. The Morgan fingerprint density at radius 2 is 2.14 bits per heavy atom. The fourth-order valence-electron chi connectivity index (χ4n) is 3.84. The molecule has 3 aromatic rings. The highest BCUT2D eigenvalue weighted by atomic mass is 32.1. The second-order valence-corrected chi connectivity index (χ2v) is 8.18. The molecule has 5 nitrogen and oxygen atoms in total. The maximum atomic E-state index is 12.6. The van der Waals surface area contributed by atoms with Gasteiger partial charge in [0.1, 0.15) is 0 Å². The molecule has 140 valence electrons. The van der Waals surface area contributed by atoms with Gasteiger partial charge in [-0.15, -0.1) is 16.4 Å². The number of thiazole rings is 1. The van der Waals surface area contributed by atoms with E-state index in [2.05, 4.69) is 46.3 Å². The molecule has 0 saturated heterocycles. The molecular formula is C22H20N4OS. The van der Waals surface area contributed by atoms with Crippen LogP contribution in [0.5, 0.6) is 0 Å². The molecule has 28 heavy (non-hydrogen) atoms. The van der Waals surface area contributed by atoms with Crippen LogP contribution in [0.2, 0.25) is 0 Å². The van der Waals surface area contributed by atoms with Gasteiger partial charge in [-0.3, -0.25) is 9.78 Å². The maximum Gasteiger partial charge on any atom is 0.270 e. The van der Waals surface area contributed by atoms with Crippen molar-refractivity contribution >= 4 is 29.1 Å². The summed E-state index contributed by atoms with van der Waals surface area (Å²) in [5.41, 5.74) is 4.57. The zero-order chi connectivity index (χ0) is 19.1. The third-order valence-corrected chi connectivity index (χ3v) is 6.42. The molecule has 2 heterocycles. The summed E-state index contributed by atoms with van der Waals surface area (Å²) in [6.07, 6.45) is 10.5. The third-order valence-electron chi connectivity index (χ3n) is 5.46. The van der Waals surface area contributed by atoms with Crippen LogP contribution in [-0.2, 0) is 11.8 Å². The van der Waals surface area contributed by atoms with Crippen LogP contribution >= 0.6 is 11.3 Å². The molecule has 1 atom stereocenters. The smallest absolute Gasteiger partial charge is 0.270 e. The Bertz CT molecular complexity index is 1060. The SMILES string of the molecule is C=CC(=O)n1nc(NC2CC2)c2c1CC(c1ccccc1)(c1cncs1)C=C2. The lowest BCUT2D eigenvalue weighted by Crippen LogP contribution is -2.31. The number of allylic oxidation sites excluding steroid dienone is 2. The molecule has 0 aliphatic heterocycles. The largest absolute Gasteiger partial charge is 0.365 e. The Balaban J connectivity index is 1.68. The molecule has 0 amide bonds. The average molecular weight is 388 g/mol. The molecule has 1 N–H and O–H groups in total. The standard InChI is InChI=1S/C22H20N4OS/c1-2-20(27)26-18-12-22(19-13-23-14-28-19,15-6-4-3-5-7-15)11-10-17(18)21(25-26)24-16-8-9-16/h2-7,10-11,13-14,16H,1,8-9,12H2,(H,24,25). The second kappa shape index (κ2) is 6.56. The summed E-state index contributed by atoms with van der Waals surface area (Å²) in [7, 11) is 0. The van der Waals surface area contributed by atoms with E-state index >= 15 is 0 Å². The van der Waals surface area contributed by atoms with Crippen LogP contribution in [0.15, 0.2) is 60.8 Å². The number of fused-ring (bicyclic) bond motifs is 1. The van der Waals surface area contributed by atoms with E-state index in [1.54, 1.807) is 11.3 Å². The lowest BCUT2D eigenvalue weighted by molar-refractivity contribution is 0.0950. The zero-order valence-electron chi connectivity index (χ0n) is 15.3. The molecule has 0 bridgehead atoms. The molecule has 2 aliphatic carbocycles. The minimum Gasteiger partial charge on any atom is -0.365 e. The first kappa shape index (κ1) is 17.1. The van der Waals surface area contributed by atoms with Crippen LogP contribution < -0.4 is 5.32 Å². The first-order valence-electron chi connectivity index (χ1n) is 9.40. The van der Waals surface area contributed by atoms with Crippen molar-refractivity contribution in [2.75, 3.05) is 5.32 Å². The van der Waals surface area contributed by atoms with Gasteiger partial charge in [-0.25, -0.2) is 0 Å². The highest BCUT2D eigenvalue weighted by Gasteiger charge is 2.39. The van der Waals surface area contributed by atoms with Crippen molar-refractivity contribution in [3.63, 3.8) is 0 Å². The monoisotopic (exact) mass is 388 g/mol. The maximum absolute atomic E-state index is 12.6. The summed E-state index contributed by atoms with van der Waals surface area (Å²) < 4.78 is 1.51. The van der Waals surface area contributed by atoms with Gasteiger partial charge in [-0.1, -0.05) is 49.1 Å². The number of carbonyl (C=O) groups is 1. The molecule has 5 rings (SSSR count). The minimum atomic E-state index is -0.370. The molecular weight excluding hydrogens is 368 g/mol. The van der Waals surface area contributed by atoms with E-state index in [0.717, 1.165) is 34.8 Å². The normalized spacial score (nSPS) is 20.6. The van der Waals surface area contributed by atoms with E-state index in [1.165, 1.54) is 16.3 Å².